The van der Waals surface area contributed by atoms with E-state index in [1.807, 2.05) is 0 Å². The molecular formula is C17H17F3N4O2S. The third-order valence-electron chi connectivity index (χ3n) is 3.87. The second kappa shape index (κ2) is 7.95. The van der Waals surface area contributed by atoms with Gasteiger partial charge in [0.25, 0.3) is 0 Å². The summed E-state index contributed by atoms with van der Waals surface area (Å²) in [6, 6.07) is 6.18. The van der Waals surface area contributed by atoms with E-state index in [0.717, 1.165) is 6.42 Å². The number of nitrogens with one attached hydrogen (secondary N) is 2. The molecule has 2 aromatic rings. The predicted molar refractivity (Wildman–Crippen MR) is 97.0 cm³/mol. The smallest absolute Gasteiger partial charge is 0.375 e. The van der Waals surface area contributed by atoms with E-state index in [9.17, 15) is 22.8 Å². The summed E-state index contributed by atoms with van der Waals surface area (Å²) in [5.41, 5.74) is 0.953. The van der Waals surface area contributed by atoms with Crippen LogP contribution in [0.3, 0.4) is 0 Å². The van der Waals surface area contributed by atoms with Crippen molar-refractivity contribution in [2.75, 3.05) is 28.6 Å². The van der Waals surface area contributed by atoms with Crippen molar-refractivity contribution in [3.63, 3.8) is 0 Å². The lowest BCUT2D eigenvalue weighted by atomic mass is 10.2. The number of para-hydroxylation sites is 2. The van der Waals surface area contributed by atoms with E-state index < -0.39 is 18.6 Å². The second-order valence-electron chi connectivity index (χ2n) is 6.01. The van der Waals surface area contributed by atoms with Gasteiger partial charge in [0, 0.05) is 18.3 Å². The van der Waals surface area contributed by atoms with Crippen LogP contribution in [0, 0.1) is 0 Å². The van der Waals surface area contributed by atoms with Crippen molar-refractivity contribution in [2.45, 2.75) is 25.4 Å². The molecule has 0 atom stereocenters. The van der Waals surface area contributed by atoms with Crippen molar-refractivity contribution < 1.29 is 22.8 Å². The summed E-state index contributed by atoms with van der Waals surface area (Å²) in [6.45, 7) is -0.574. The lowest BCUT2D eigenvalue weighted by molar-refractivity contribution is -0.117. The highest BCUT2D eigenvalue weighted by Crippen LogP contribution is 2.26. The highest BCUT2D eigenvalue weighted by atomic mass is 32.1. The van der Waals surface area contributed by atoms with Crippen molar-refractivity contribution >= 4 is 39.7 Å². The van der Waals surface area contributed by atoms with E-state index in [-0.39, 0.29) is 23.7 Å². The van der Waals surface area contributed by atoms with Gasteiger partial charge in [0.1, 0.15) is 6.54 Å². The van der Waals surface area contributed by atoms with Crippen molar-refractivity contribution in [3.8, 4) is 0 Å². The van der Waals surface area contributed by atoms with Crippen LogP contribution in [-0.2, 0) is 16.0 Å². The molecule has 27 heavy (non-hydrogen) atoms. The third-order valence-corrected chi connectivity index (χ3v) is 4.78. The number of rotatable bonds is 6. The Morgan fingerprint density at radius 3 is 2.67 bits per heavy atom. The molecule has 1 aromatic heterocycles. The number of halogens is 3. The fourth-order valence-corrected chi connectivity index (χ4v) is 3.52. The molecule has 3 rings (SSSR count). The van der Waals surface area contributed by atoms with Crippen LogP contribution in [0.15, 0.2) is 29.6 Å². The quantitative estimate of drug-likeness (QED) is 0.782. The number of hydrogen-bond donors (Lipinski definition) is 2. The van der Waals surface area contributed by atoms with Gasteiger partial charge in [-0.1, -0.05) is 12.1 Å². The molecule has 0 spiro atoms. The summed E-state index contributed by atoms with van der Waals surface area (Å²) < 4.78 is 37.2. The fraction of sp³-hybridized carbons (Fsp3) is 0.353. The topological polar surface area (TPSA) is 74.3 Å². The Hall–Kier alpha value is -2.62. The summed E-state index contributed by atoms with van der Waals surface area (Å²) in [7, 11) is 0. The van der Waals surface area contributed by atoms with Crippen molar-refractivity contribution in [1.29, 1.82) is 0 Å². The minimum Gasteiger partial charge on any atom is -0.375 e. The van der Waals surface area contributed by atoms with E-state index in [0.29, 0.717) is 23.8 Å². The highest BCUT2D eigenvalue weighted by Gasteiger charge is 2.27. The maximum absolute atomic E-state index is 12.4. The Morgan fingerprint density at radius 2 is 2.00 bits per heavy atom. The van der Waals surface area contributed by atoms with E-state index in [1.54, 1.807) is 22.4 Å². The minimum absolute atomic E-state index is 0.0185. The van der Waals surface area contributed by atoms with Gasteiger partial charge >= 0.3 is 6.18 Å². The van der Waals surface area contributed by atoms with Gasteiger partial charge in [-0.05, 0) is 18.6 Å². The molecule has 0 aliphatic carbocycles. The van der Waals surface area contributed by atoms with Crippen LogP contribution < -0.4 is 15.5 Å². The number of benzene rings is 1. The van der Waals surface area contributed by atoms with Crippen molar-refractivity contribution in [1.82, 2.24) is 4.98 Å². The number of carbonyl (C=O) groups excluding carboxylic acids is 2. The van der Waals surface area contributed by atoms with Crippen molar-refractivity contribution in [3.05, 3.63) is 35.3 Å². The zero-order valence-corrected chi connectivity index (χ0v) is 15.0. The first kappa shape index (κ1) is 19.2. The van der Waals surface area contributed by atoms with Crippen LogP contribution in [0.1, 0.15) is 18.5 Å². The molecule has 1 aliphatic heterocycles. The number of hydrogen-bond acceptors (Lipinski definition) is 5. The van der Waals surface area contributed by atoms with Gasteiger partial charge in [-0.25, -0.2) is 4.98 Å². The number of nitrogens with zero attached hydrogens (tertiary/aromatic N) is 2. The van der Waals surface area contributed by atoms with Gasteiger partial charge in [0.15, 0.2) is 5.13 Å². The molecule has 6 nitrogen and oxygen atoms in total. The zero-order valence-electron chi connectivity index (χ0n) is 14.2. The first-order valence-corrected chi connectivity index (χ1v) is 9.14. The van der Waals surface area contributed by atoms with Gasteiger partial charge in [-0.3, -0.25) is 14.5 Å². The first-order chi connectivity index (χ1) is 12.8. The van der Waals surface area contributed by atoms with E-state index >= 15 is 0 Å². The predicted octanol–water partition coefficient (Wildman–Crippen LogP) is 3.43. The van der Waals surface area contributed by atoms with E-state index in [2.05, 4.69) is 15.6 Å². The second-order valence-corrected chi connectivity index (χ2v) is 6.85. The number of thiazole rings is 1. The molecule has 0 unspecified atom stereocenters. The van der Waals surface area contributed by atoms with E-state index in [4.69, 9.17) is 0 Å². The lowest BCUT2D eigenvalue weighted by Crippen LogP contribution is -2.23. The molecule has 1 saturated heterocycles. The van der Waals surface area contributed by atoms with E-state index in [1.165, 1.54) is 23.5 Å². The van der Waals surface area contributed by atoms with Gasteiger partial charge in [0.05, 0.1) is 23.5 Å². The van der Waals surface area contributed by atoms with Gasteiger partial charge in [-0.15, -0.1) is 11.3 Å². The molecule has 2 N–H and O–H groups in total. The number of aromatic nitrogens is 1. The first-order valence-electron chi connectivity index (χ1n) is 8.26. The lowest BCUT2D eigenvalue weighted by Gasteiger charge is -2.14. The average Bonchev–Trinajstić information content (AvgIpc) is 3.22. The molecule has 2 heterocycles. The van der Waals surface area contributed by atoms with Gasteiger partial charge in [-0.2, -0.15) is 13.2 Å². The summed E-state index contributed by atoms with van der Waals surface area (Å²) in [5, 5.41) is 7.13. The molecule has 1 aliphatic rings. The Labute approximate surface area is 157 Å². The summed E-state index contributed by atoms with van der Waals surface area (Å²) in [6.07, 6.45) is -3.11. The Morgan fingerprint density at radius 1 is 1.26 bits per heavy atom. The molecule has 2 amide bonds. The monoisotopic (exact) mass is 398 g/mol. The normalized spacial score (nSPS) is 14.5. The van der Waals surface area contributed by atoms with Crippen LogP contribution in [-0.4, -0.2) is 36.1 Å². The molecule has 0 saturated carbocycles. The molecule has 144 valence electrons. The number of anilines is 3. The standard InChI is InChI=1S/C17H17F3N4O2S/c18-17(19,20)10-21-12-4-1-2-5-13(12)23-14(25)8-11-9-27-16(22-11)24-7-3-6-15(24)26/h1-2,4-5,9,21H,3,6-8,10H2,(H,23,25). The minimum atomic E-state index is -4.36. The maximum atomic E-state index is 12.4. The zero-order chi connectivity index (χ0) is 19.4. The Kier molecular flexibility index (Phi) is 5.64. The molecule has 1 aromatic carbocycles. The van der Waals surface area contributed by atoms with Crippen LogP contribution in [0.25, 0.3) is 0 Å². The largest absolute Gasteiger partial charge is 0.405 e. The number of carbonyl (C=O) groups is 2. The van der Waals surface area contributed by atoms with Crippen LogP contribution in [0.5, 0.6) is 0 Å². The summed E-state index contributed by atoms with van der Waals surface area (Å²) in [4.78, 5) is 29.9. The SMILES string of the molecule is O=C(Cc1csc(N2CCCC2=O)n1)Nc1ccccc1NCC(F)(F)F. The highest BCUT2D eigenvalue weighted by molar-refractivity contribution is 7.14. The fourth-order valence-electron chi connectivity index (χ4n) is 2.65. The van der Waals surface area contributed by atoms with Gasteiger partial charge in [0.2, 0.25) is 11.8 Å². The summed E-state index contributed by atoms with van der Waals surface area (Å²) >= 11 is 1.29. The Balaban J connectivity index is 1.61. The van der Waals surface area contributed by atoms with Crippen LogP contribution in [0.4, 0.5) is 29.7 Å². The molecule has 0 radical (unpaired) electrons. The average molecular weight is 398 g/mol. The molecule has 0 bridgehead atoms. The van der Waals surface area contributed by atoms with Crippen LogP contribution in [0.2, 0.25) is 0 Å². The summed E-state index contributed by atoms with van der Waals surface area (Å²) in [5.74, 6) is -0.383. The van der Waals surface area contributed by atoms with Crippen molar-refractivity contribution in [2.24, 2.45) is 0 Å². The third kappa shape index (κ3) is 5.19. The maximum Gasteiger partial charge on any atom is 0.405 e. The molecule has 1 fully saturated rings. The molecule has 10 heteroatoms. The Bertz CT molecular complexity index is 838. The number of alkyl halides is 3. The number of amides is 2. The van der Waals surface area contributed by atoms with Gasteiger partial charge < -0.3 is 10.6 Å². The molecular weight excluding hydrogens is 381 g/mol. The van der Waals surface area contributed by atoms with Crippen LogP contribution >= 0.6 is 11.3 Å².